The van der Waals surface area contributed by atoms with Crippen molar-refractivity contribution in [1.29, 1.82) is 0 Å². The van der Waals surface area contributed by atoms with E-state index in [0.717, 1.165) is 24.1 Å². The van der Waals surface area contributed by atoms with Crippen molar-refractivity contribution in [3.63, 3.8) is 0 Å². The molecule has 0 aliphatic carbocycles. The zero-order chi connectivity index (χ0) is 18.7. The highest BCUT2D eigenvalue weighted by atomic mass is 32.2. The van der Waals surface area contributed by atoms with Crippen molar-refractivity contribution in [3.8, 4) is 0 Å². The Bertz CT molecular complexity index is 984. The van der Waals surface area contributed by atoms with Crippen LogP contribution in [0.2, 0.25) is 0 Å². The summed E-state index contributed by atoms with van der Waals surface area (Å²) in [5, 5.41) is 3.88. The molecule has 0 radical (unpaired) electrons. The lowest BCUT2D eigenvalue weighted by Crippen LogP contribution is -2.34. The number of rotatable bonds is 5. The van der Waals surface area contributed by atoms with Crippen molar-refractivity contribution in [2.24, 2.45) is 0 Å². The molecule has 0 spiro atoms. The van der Waals surface area contributed by atoms with Crippen LogP contribution in [0.3, 0.4) is 0 Å². The molecule has 2 aromatic rings. The number of carbonyl (C=O) groups excluding carboxylic acids is 1. The number of aryl methyl sites for hydroxylation is 1. The smallest absolute Gasteiger partial charge is 0.266 e. The van der Waals surface area contributed by atoms with Crippen LogP contribution in [0.5, 0.6) is 0 Å². The first kappa shape index (κ1) is 18.3. The lowest BCUT2D eigenvalue weighted by atomic mass is 10.0. The standard InChI is InChI=1S/C17H20N4O4S/c1-13(22)20-10-3-4-14-12-15(6-7-16(14)20)26(24,25)19-9-11-21-17(23)5-2-8-18-21/h2,5-8,12,19H,3-4,9-11H2,1H3. The van der Waals surface area contributed by atoms with Gasteiger partial charge in [-0.15, -0.1) is 0 Å². The summed E-state index contributed by atoms with van der Waals surface area (Å²) in [6, 6.07) is 7.68. The summed E-state index contributed by atoms with van der Waals surface area (Å²) in [7, 11) is -3.71. The Morgan fingerprint density at radius 1 is 1.31 bits per heavy atom. The van der Waals surface area contributed by atoms with Crippen molar-refractivity contribution in [1.82, 2.24) is 14.5 Å². The molecule has 1 aromatic carbocycles. The van der Waals surface area contributed by atoms with Crippen molar-refractivity contribution >= 4 is 21.6 Å². The Kier molecular flexibility index (Phi) is 5.19. The van der Waals surface area contributed by atoms with E-state index in [2.05, 4.69) is 9.82 Å². The normalized spacial score (nSPS) is 14.1. The molecular formula is C17H20N4O4S. The van der Waals surface area contributed by atoms with Gasteiger partial charge >= 0.3 is 0 Å². The second-order valence-electron chi connectivity index (χ2n) is 6.05. The minimum atomic E-state index is -3.71. The number of aromatic nitrogens is 2. The largest absolute Gasteiger partial charge is 0.312 e. The second-order valence-corrected chi connectivity index (χ2v) is 7.81. The number of hydrogen-bond donors (Lipinski definition) is 1. The SMILES string of the molecule is CC(=O)N1CCCc2cc(S(=O)(=O)NCCn3ncccc3=O)ccc21. The minimum absolute atomic E-state index is 0.0515. The first-order chi connectivity index (χ1) is 12.4. The fourth-order valence-electron chi connectivity index (χ4n) is 2.99. The molecule has 26 heavy (non-hydrogen) atoms. The Balaban J connectivity index is 1.74. The maximum absolute atomic E-state index is 12.5. The van der Waals surface area contributed by atoms with Gasteiger partial charge < -0.3 is 4.90 Å². The number of anilines is 1. The maximum Gasteiger partial charge on any atom is 0.266 e. The quantitative estimate of drug-likeness (QED) is 0.820. The summed E-state index contributed by atoms with van der Waals surface area (Å²) < 4.78 is 28.7. The van der Waals surface area contributed by atoms with E-state index in [1.54, 1.807) is 17.0 Å². The number of carbonyl (C=O) groups is 1. The van der Waals surface area contributed by atoms with Gasteiger partial charge in [0.25, 0.3) is 5.56 Å². The average molecular weight is 376 g/mol. The maximum atomic E-state index is 12.5. The number of amides is 1. The van der Waals surface area contributed by atoms with Gasteiger partial charge in [0.2, 0.25) is 15.9 Å². The molecule has 1 aliphatic rings. The van der Waals surface area contributed by atoms with Crippen LogP contribution in [0.25, 0.3) is 0 Å². The lowest BCUT2D eigenvalue weighted by molar-refractivity contribution is -0.116. The number of nitrogens with zero attached hydrogens (tertiary/aromatic N) is 3. The Labute approximate surface area is 151 Å². The lowest BCUT2D eigenvalue weighted by Gasteiger charge is -2.28. The number of hydrogen-bond acceptors (Lipinski definition) is 5. The predicted molar refractivity (Wildman–Crippen MR) is 96.5 cm³/mol. The van der Waals surface area contributed by atoms with Crippen molar-refractivity contribution in [2.45, 2.75) is 31.2 Å². The van der Waals surface area contributed by atoms with Crippen molar-refractivity contribution in [3.05, 3.63) is 52.4 Å². The van der Waals surface area contributed by atoms with Crippen LogP contribution in [-0.4, -0.2) is 37.2 Å². The predicted octanol–water partition coefficient (Wildman–Crippen LogP) is 0.521. The van der Waals surface area contributed by atoms with Gasteiger partial charge in [-0.3, -0.25) is 9.59 Å². The monoisotopic (exact) mass is 376 g/mol. The van der Waals surface area contributed by atoms with Gasteiger partial charge in [0.1, 0.15) is 0 Å². The zero-order valence-corrected chi connectivity index (χ0v) is 15.2. The molecule has 0 unspecified atom stereocenters. The van der Waals surface area contributed by atoms with Crippen LogP contribution < -0.4 is 15.2 Å². The molecule has 0 saturated carbocycles. The first-order valence-electron chi connectivity index (χ1n) is 8.31. The van der Waals surface area contributed by atoms with E-state index in [1.165, 1.54) is 36.0 Å². The highest BCUT2D eigenvalue weighted by molar-refractivity contribution is 7.89. The molecule has 3 rings (SSSR count). The Morgan fingerprint density at radius 2 is 2.12 bits per heavy atom. The molecule has 0 saturated heterocycles. The summed E-state index contributed by atoms with van der Waals surface area (Å²) in [6.07, 6.45) is 3.00. The van der Waals surface area contributed by atoms with Crippen LogP contribution >= 0.6 is 0 Å². The Morgan fingerprint density at radius 3 is 2.85 bits per heavy atom. The third-order valence-electron chi connectivity index (χ3n) is 4.26. The fourth-order valence-corrected chi connectivity index (χ4v) is 4.06. The van der Waals surface area contributed by atoms with Gasteiger partial charge in [0.15, 0.2) is 0 Å². The summed E-state index contributed by atoms with van der Waals surface area (Å²) in [5.41, 5.74) is 1.32. The van der Waals surface area contributed by atoms with Gasteiger partial charge in [-0.1, -0.05) is 0 Å². The third kappa shape index (κ3) is 3.83. The van der Waals surface area contributed by atoms with Crippen molar-refractivity contribution < 1.29 is 13.2 Å². The highest BCUT2D eigenvalue weighted by Crippen LogP contribution is 2.29. The van der Waals surface area contributed by atoms with Gasteiger partial charge in [-0.2, -0.15) is 5.10 Å². The molecule has 0 fully saturated rings. The molecule has 8 nitrogen and oxygen atoms in total. The zero-order valence-electron chi connectivity index (χ0n) is 14.4. The minimum Gasteiger partial charge on any atom is -0.312 e. The third-order valence-corrected chi connectivity index (χ3v) is 5.72. The number of nitrogens with one attached hydrogen (secondary N) is 1. The van der Waals surface area contributed by atoms with Crippen LogP contribution in [-0.2, 0) is 27.8 Å². The number of benzene rings is 1. The van der Waals surface area contributed by atoms with E-state index >= 15 is 0 Å². The van der Waals surface area contributed by atoms with Gasteiger partial charge in [-0.25, -0.2) is 17.8 Å². The summed E-state index contributed by atoms with van der Waals surface area (Å²) >= 11 is 0. The molecule has 138 valence electrons. The Hall–Kier alpha value is -2.52. The molecule has 2 heterocycles. The van der Waals surface area contributed by atoms with Crippen LogP contribution in [0.1, 0.15) is 18.9 Å². The molecule has 9 heteroatoms. The number of sulfonamides is 1. The average Bonchev–Trinajstić information content (AvgIpc) is 2.62. The van der Waals surface area contributed by atoms with Crippen LogP contribution in [0.4, 0.5) is 5.69 Å². The molecule has 1 N–H and O–H groups in total. The summed E-state index contributed by atoms with van der Waals surface area (Å²) in [6.45, 7) is 2.34. The van der Waals surface area contributed by atoms with Crippen molar-refractivity contribution in [2.75, 3.05) is 18.0 Å². The van der Waals surface area contributed by atoms with Crippen LogP contribution in [0, 0.1) is 0 Å². The van der Waals surface area contributed by atoms with E-state index in [0.29, 0.717) is 6.54 Å². The number of fused-ring (bicyclic) bond motifs is 1. The summed E-state index contributed by atoms with van der Waals surface area (Å²) in [4.78, 5) is 25.1. The van der Waals surface area contributed by atoms with E-state index in [4.69, 9.17) is 0 Å². The van der Waals surface area contributed by atoms with Gasteiger partial charge in [0, 0.05) is 38.0 Å². The van der Waals surface area contributed by atoms with Gasteiger partial charge in [0.05, 0.1) is 11.4 Å². The summed E-state index contributed by atoms with van der Waals surface area (Å²) in [5.74, 6) is -0.0551. The van der Waals surface area contributed by atoms with E-state index in [-0.39, 0.29) is 29.5 Å². The highest BCUT2D eigenvalue weighted by Gasteiger charge is 2.22. The molecule has 0 atom stereocenters. The topological polar surface area (TPSA) is 101 Å². The molecule has 1 aliphatic heterocycles. The molecule has 1 aromatic heterocycles. The second kappa shape index (κ2) is 7.38. The van der Waals surface area contributed by atoms with E-state index in [1.807, 2.05) is 0 Å². The molecule has 1 amide bonds. The first-order valence-corrected chi connectivity index (χ1v) is 9.79. The molecular weight excluding hydrogens is 356 g/mol. The van der Waals surface area contributed by atoms with E-state index < -0.39 is 10.0 Å². The van der Waals surface area contributed by atoms with Gasteiger partial charge in [-0.05, 0) is 42.7 Å². The van der Waals surface area contributed by atoms with Crippen LogP contribution in [0.15, 0.2) is 46.2 Å². The fraction of sp³-hybridized carbons (Fsp3) is 0.353. The molecule has 0 bridgehead atoms. The van der Waals surface area contributed by atoms with E-state index in [9.17, 15) is 18.0 Å².